The Kier molecular flexibility index (Phi) is 7.28. The van der Waals surface area contributed by atoms with Crippen LogP contribution in [0.3, 0.4) is 0 Å². The number of aryl methyl sites for hydroxylation is 2. The molecule has 6 nitrogen and oxygen atoms in total. The number of amides is 1. The summed E-state index contributed by atoms with van der Waals surface area (Å²) in [6, 6.07) is 8.02. The highest BCUT2D eigenvalue weighted by Gasteiger charge is 2.27. The Bertz CT molecular complexity index is 897. The minimum atomic E-state index is -0.415. The molecule has 2 heterocycles. The SMILES string of the molecule is CCOC(=O)c1c(NC(=O)CN2C[C@@H](C)O[C@@H](C)C2)sc(C)c1-c1ccc(C)cc1. The minimum absolute atomic E-state index is 0.0914. The molecule has 3 rings (SSSR count). The summed E-state index contributed by atoms with van der Waals surface area (Å²) in [5.41, 5.74) is 3.34. The summed E-state index contributed by atoms with van der Waals surface area (Å²) in [6.45, 7) is 11.7. The second kappa shape index (κ2) is 9.73. The molecule has 2 aromatic rings. The van der Waals surface area contributed by atoms with Gasteiger partial charge in [-0.25, -0.2) is 4.79 Å². The van der Waals surface area contributed by atoms with E-state index in [4.69, 9.17) is 9.47 Å². The van der Waals surface area contributed by atoms with Gasteiger partial charge in [-0.1, -0.05) is 29.8 Å². The summed E-state index contributed by atoms with van der Waals surface area (Å²) in [6.07, 6.45) is 0.183. The van der Waals surface area contributed by atoms with Crippen molar-refractivity contribution in [2.75, 3.05) is 31.6 Å². The molecule has 0 saturated carbocycles. The van der Waals surface area contributed by atoms with Gasteiger partial charge in [-0.15, -0.1) is 11.3 Å². The van der Waals surface area contributed by atoms with Crippen LogP contribution in [0.25, 0.3) is 11.1 Å². The third kappa shape index (κ3) is 5.28. The van der Waals surface area contributed by atoms with E-state index in [1.54, 1.807) is 6.92 Å². The number of nitrogens with one attached hydrogen (secondary N) is 1. The van der Waals surface area contributed by atoms with Gasteiger partial charge in [0.25, 0.3) is 0 Å². The van der Waals surface area contributed by atoms with Crippen LogP contribution < -0.4 is 5.32 Å². The van der Waals surface area contributed by atoms with Crippen LogP contribution in [0.15, 0.2) is 24.3 Å². The summed E-state index contributed by atoms with van der Waals surface area (Å²) in [4.78, 5) is 28.6. The van der Waals surface area contributed by atoms with Crippen LogP contribution in [0.5, 0.6) is 0 Å². The molecule has 1 aromatic heterocycles. The van der Waals surface area contributed by atoms with E-state index in [2.05, 4.69) is 10.2 Å². The number of benzene rings is 1. The largest absolute Gasteiger partial charge is 0.462 e. The summed E-state index contributed by atoms with van der Waals surface area (Å²) in [7, 11) is 0. The van der Waals surface area contributed by atoms with Gasteiger partial charge in [0.15, 0.2) is 0 Å². The maximum Gasteiger partial charge on any atom is 0.341 e. The first-order chi connectivity index (χ1) is 14.3. The van der Waals surface area contributed by atoms with Gasteiger partial charge < -0.3 is 14.8 Å². The fourth-order valence-corrected chi connectivity index (χ4v) is 4.96. The fourth-order valence-electron chi connectivity index (χ4n) is 3.88. The molecule has 1 aromatic carbocycles. The van der Waals surface area contributed by atoms with Gasteiger partial charge in [0.05, 0.1) is 25.4 Å². The lowest BCUT2D eigenvalue weighted by atomic mass is 10.0. The lowest BCUT2D eigenvalue weighted by molar-refractivity contribution is -0.121. The van der Waals surface area contributed by atoms with E-state index >= 15 is 0 Å². The van der Waals surface area contributed by atoms with Crippen molar-refractivity contribution in [2.45, 2.75) is 46.8 Å². The highest BCUT2D eigenvalue weighted by molar-refractivity contribution is 7.17. The van der Waals surface area contributed by atoms with E-state index in [1.165, 1.54) is 11.3 Å². The molecule has 162 valence electrons. The third-order valence-electron chi connectivity index (χ3n) is 5.02. The van der Waals surface area contributed by atoms with Crippen molar-refractivity contribution in [2.24, 2.45) is 0 Å². The monoisotopic (exact) mass is 430 g/mol. The van der Waals surface area contributed by atoms with E-state index in [1.807, 2.05) is 52.0 Å². The number of nitrogens with zero attached hydrogens (tertiary/aromatic N) is 1. The van der Waals surface area contributed by atoms with Crippen LogP contribution in [0, 0.1) is 13.8 Å². The van der Waals surface area contributed by atoms with Gasteiger partial charge in [-0.3, -0.25) is 9.69 Å². The van der Waals surface area contributed by atoms with E-state index in [9.17, 15) is 9.59 Å². The summed E-state index contributed by atoms with van der Waals surface area (Å²) in [5, 5.41) is 3.51. The van der Waals surface area contributed by atoms with Gasteiger partial charge in [0.2, 0.25) is 5.91 Å². The number of carbonyl (C=O) groups is 2. The first-order valence-corrected chi connectivity index (χ1v) is 11.1. The molecule has 30 heavy (non-hydrogen) atoms. The maximum absolute atomic E-state index is 12.8. The lowest BCUT2D eigenvalue weighted by Gasteiger charge is -2.34. The molecule has 0 spiro atoms. The molecular weight excluding hydrogens is 400 g/mol. The first kappa shape index (κ1) is 22.5. The number of carbonyl (C=O) groups excluding carboxylic acids is 2. The second-order valence-electron chi connectivity index (χ2n) is 7.82. The Morgan fingerprint density at radius 1 is 1.17 bits per heavy atom. The van der Waals surface area contributed by atoms with E-state index < -0.39 is 5.97 Å². The molecule has 1 aliphatic rings. The van der Waals surface area contributed by atoms with Crippen molar-refractivity contribution >= 4 is 28.2 Å². The molecule has 1 amide bonds. The Hall–Kier alpha value is -2.22. The minimum Gasteiger partial charge on any atom is -0.462 e. The number of anilines is 1. The van der Waals surface area contributed by atoms with Gasteiger partial charge >= 0.3 is 5.97 Å². The highest BCUT2D eigenvalue weighted by atomic mass is 32.1. The Labute approximate surface area is 182 Å². The lowest BCUT2D eigenvalue weighted by Crippen LogP contribution is -2.48. The predicted molar refractivity (Wildman–Crippen MR) is 120 cm³/mol. The van der Waals surface area contributed by atoms with Crippen LogP contribution >= 0.6 is 11.3 Å². The zero-order valence-corrected chi connectivity index (χ0v) is 19.1. The molecule has 0 bridgehead atoms. The molecule has 1 aliphatic heterocycles. The van der Waals surface area contributed by atoms with E-state index in [-0.39, 0.29) is 31.3 Å². The molecule has 1 N–H and O–H groups in total. The molecule has 0 unspecified atom stereocenters. The second-order valence-corrected chi connectivity index (χ2v) is 9.05. The molecule has 0 radical (unpaired) electrons. The highest BCUT2D eigenvalue weighted by Crippen LogP contribution is 2.40. The fraction of sp³-hybridized carbons (Fsp3) is 0.478. The summed E-state index contributed by atoms with van der Waals surface area (Å²) in [5.74, 6) is -0.556. The van der Waals surface area contributed by atoms with Crippen LogP contribution in [0.2, 0.25) is 0 Å². The van der Waals surface area contributed by atoms with Gasteiger partial charge in [-0.2, -0.15) is 0 Å². The van der Waals surface area contributed by atoms with Gasteiger partial charge in [0, 0.05) is 23.5 Å². The number of rotatable bonds is 6. The standard InChI is InChI=1S/C23H30N2O4S/c1-6-28-23(27)21-20(18-9-7-14(2)8-10-18)17(5)30-22(21)24-19(26)13-25-11-15(3)29-16(4)12-25/h7-10,15-16H,6,11-13H2,1-5H3,(H,24,26)/t15-,16+. The molecule has 2 atom stereocenters. The number of thiophene rings is 1. The zero-order chi connectivity index (χ0) is 21.8. The van der Waals surface area contributed by atoms with Crippen molar-refractivity contribution in [3.05, 3.63) is 40.3 Å². The van der Waals surface area contributed by atoms with Crippen molar-refractivity contribution in [1.82, 2.24) is 4.90 Å². The van der Waals surface area contributed by atoms with Crippen molar-refractivity contribution in [3.8, 4) is 11.1 Å². The Morgan fingerprint density at radius 3 is 2.40 bits per heavy atom. The number of esters is 1. The number of ether oxygens (including phenoxy) is 2. The first-order valence-electron chi connectivity index (χ1n) is 10.3. The summed E-state index contributed by atoms with van der Waals surface area (Å²) < 4.78 is 11.1. The Balaban J connectivity index is 1.86. The van der Waals surface area contributed by atoms with Crippen LogP contribution in [0.1, 0.15) is 41.6 Å². The third-order valence-corrected chi connectivity index (χ3v) is 6.04. The van der Waals surface area contributed by atoms with Crippen molar-refractivity contribution in [1.29, 1.82) is 0 Å². The molecule has 1 saturated heterocycles. The van der Waals surface area contributed by atoms with E-state index in [0.717, 1.165) is 21.6 Å². The average Bonchev–Trinajstić information content (AvgIpc) is 2.97. The molecular formula is C23H30N2O4S. The predicted octanol–water partition coefficient (Wildman–Crippen LogP) is 4.26. The number of morpholine rings is 1. The van der Waals surface area contributed by atoms with Crippen LogP contribution in [-0.2, 0) is 14.3 Å². The van der Waals surface area contributed by atoms with Gasteiger partial charge in [-0.05, 0) is 40.2 Å². The van der Waals surface area contributed by atoms with Crippen molar-refractivity contribution in [3.63, 3.8) is 0 Å². The molecule has 7 heteroatoms. The average molecular weight is 431 g/mol. The topological polar surface area (TPSA) is 67.9 Å². The normalized spacial score (nSPS) is 19.5. The molecule has 0 aliphatic carbocycles. The smallest absolute Gasteiger partial charge is 0.341 e. The number of hydrogen-bond acceptors (Lipinski definition) is 6. The zero-order valence-electron chi connectivity index (χ0n) is 18.3. The van der Waals surface area contributed by atoms with Crippen molar-refractivity contribution < 1.29 is 19.1 Å². The van der Waals surface area contributed by atoms with Crippen LogP contribution in [-0.4, -0.2) is 55.2 Å². The quantitative estimate of drug-likeness (QED) is 0.694. The summed E-state index contributed by atoms with van der Waals surface area (Å²) >= 11 is 1.41. The van der Waals surface area contributed by atoms with E-state index in [0.29, 0.717) is 23.7 Å². The maximum atomic E-state index is 12.8. The molecule has 1 fully saturated rings. The van der Waals surface area contributed by atoms with Gasteiger partial charge in [0.1, 0.15) is 10.6 Å². The number of hydrogen-bond donors (Lipinski definition) is 1. The van der Waals surface area contributed by atoms with Crippen LogP contribution in [0.4, 0.5) is 5.00 Å². The Morgan fingerprint density at radius 2 is 1.80 bits per heavy atom.